The normalized spacial score (nSPS) is 19.8. The summed E-state index contributed by atoms with van der Waals surface area (Å²) in [5.74, 6) is -0.935. The summed E-state index contributed by atoms with van der Waals surface area (Å²) >= 11 is 0. The number of ether oxygens (including phenoxy) is 2. The van der Waals surface area contributed by atoms with Crippen LogP contribution in [0, 0.1) is 0 Å². The Morgan fingerprint density at radius 1 is 1.38 bits per heavy atom. The van der Waals surface area contributed by atoms with Gasteiger partial charge in [-0.1, -0.05) is 0 Å². The van der Waals surface area contributed by atoms with Crippen LogP contribution in [0.25, 0.3) is 0 Å². The largest absolute Gasteiger partial charge is 0.511 e. The molecule has 0 bridgehead atoms. The van der Waals surface area contributed by atoms with E-state index in [1.165, 1.54) is 11.9 Å². The van der Waals surface area contributed by atoms with Crippen molar-refractivity contribution in [1.29, 1.82) is 0 Å². The Hall–Kier alpha value is -2.26. The second-order valence-corrected chi connectivity index (χ2v) is 5.63. The fraction of sp³-hybridized carbons (Fsp3) is 0.818. The molecule has 1 aliphatic rings. The van der Waals surface area contributed by atoms with Gasteiger partial charge in [-0.15, -0.1) is 0 Å². The summed E-state index contributed by atoms with van der Waals surface area (Å²) in [6.45, 7) is 7.16. The van der Waals surface area contributed by atoms with Crippen LogP contribution in [-0.2, 0) is 14.3 Å². The molecule has 0 spiro atoms. The number of hydrogen-bond donors (Lipinski definition) is 1. The highest BCUT2D eigenvalue weighted by Crippen LogP contribution is 2.18. The van der Waals surface area contributed by atoms with E-state index in [1.54, 1.807) is 20.8 Å². The monoisotopic (exact) mass is 305 g/mol. The Morgan fingerprint density at radius 3 is 2.52 bits per heavy atom. The van der Waals surface area contributed by atoms with Crippen LogP contribution in [0.5, 0.6) is 0 Å². The minimum Gasteiger partial charge on any atom is -0.480 e. The molecule has 0 saturated carbocycles. The Kier molecular flexibility index (Phi) is 3.79. The van der Waals surface area contributed by atoms with Crippen LogP contribution in [0.2, 0.25) is 0 Å². The van der Waals surface area contributed by atoms with Crippen molar-refractivity contribution in [2.75, 3.05) is 11.6 Å². The standard InChI is InChI=1S/C11H19N3O7/c1-7(18-10(17)19-11(2,3)4)20-14-13(21-14)12-6-5-8(12)9(15)16/h7-8H,5-6H2,1-4H3,(H,15,16)/t7?,8-,13?,14?/m0/s1. The third-order valence-corrected chi connectivity index (χ3v) is 2.64. The molecule has 1 fully saturated rings. The van der Waals surface area contributed by atoms with E-state index in [0.29, 0.717) is 13.0 Å². The van der Waals surface area contributed by atoms with Crippen LogP contribution in [-0.4, -0.2) is 51.7 Å². The summed E-state index contributed by atoms with van der Waals surface area (Å²) in [5, 5.41) is 11.3. The molecule has 10 heteroatoms. The van der Waals surface area contributed by atoms with E-state index in [9.17, 15) is 9.59 Å². The molecule has 1 aliphatic heterocycles. The average molecular weight is 305 g/mol. The third kappa shape index (κ3) is 3.86. The molecule has 2 atom stereocenters. The summed E-state index contributed by atoms with van der Waals surface area (Å²) in [7, 11) is 0. The molecule has 0 amide bonds. The molecule has 1 aromatic rings. The van der Waals surface area contributed by atoms with Crippen LogP contribution in [0.15, 0.2) is 4.63 Å². The van der Waals surface area contributed by atoms with Gasteiger partial charge in [0.2, 0.25) is 0 Å². The van der Waals surface area contributed by atoms with Gasteiger partial charge in [0, 0.05) is 13.5 Å². The van der Waals surface area contributed by atoms with Gasteiger partial charge in [-0.3, -0.25) is 0 Å². The average Bonchev–Trinajstić information content (AvgIpc) is 2.89. The Labute approximate surface area is 120 Å². The van der Waals surface area contributed by atoms with Crippen LogP contribution in [0.1, 0.15) is 34.1 Å². The van der Waals surface area contributed by atoms with Crippen molar-refractivity contribution in [3.63, 3.8) is 0 Å². The highest BCUT2D eigenvalue weighted by Gasteiger charge is 2.40. The zero-order valence-corrected chi connectivity index (χ0v) is 12.3. The maximum absolute atomic E-state index is 11.4. The SMILES string of the molecule is CC(OC(=O)OC(C)(C)C)On1on1N1CC[C@H]1C(=O)O. The second kappa shape index (κ2) is 5.26. The van der Waals surface area contributed by atoms with Crippen LogP contribution in [0.4, 0.5) is 4.79 Å². The minimum atomic E-state index is -0.950. The number of aliphatic carboxylic acids is 1. The smallest absolute Gasteiger partial charge is 0.480 e. The van der Waals surface area contributed by atoms with Crippen molar-refractivity contribution in [3.05, 3.63) is 0 Å². The number of carboxylic acid groups (broad SMARTS) is 1. The van der Waals surface area contributed by atoms with Crippen molar-refractivity contribution >= 4 is 12.1 Å². The number of carbonyl (C=O) groups is 2. The molecule has 0 aromatic carbocycles. The van der Waals surface area contributed by atoms with Gasteiger partial charge in [-0.05, 0) is 27.2 Å². The second-order valence-electron chi connectivity index (χ2n) is 5.63. The van der Waals surface area contributed by atoms with Gasteiger partial charge in [0.1, 0.15) is 16.7 Å². The lowest BCUT2D eigenvalue weighted by Gasteiger charge is -2.33. The van der Waals surface area contributed by atoms with Gasteiger partial charge in [-0.2, -0.15) is 4.63 Å². The molecule has 1 N–H and O–H groups in total. The fourth-order valence-electron chi connectivity index (χ4n) is 1.63. The number of carbonyl (C=O) groups excluding carboxylic acids is 1. The topological polar surface area (TPSA) is 108 Å². The predicted molar refractivity (Wildman–Crippen MR) is 67.2 cm³/mol. The number of hydrogen-bond acceptors (Lipinski definition) is 7. The van der Waals surface area contributed by atoms with Crippen LogP contribution in [0.3, 0.4) is 0 Å². The first-order valence-corrected chi connectivity index (χ1v) is 6.51. The van der Waals surface area contributed by atoms with E-state index < -0.39 is 30.1 Å². The van der Waals surface area contributed by atoms with E-state index in [0.717, 1.165) is 9.98 Å². The highest BCUT2D eigenvalue weighted by molar-refractivity contribution is 5.77. The zero-order valence-electron chi connectivity index (χ0n) is 12.3. The molecule has 2 heterocycles. The number of rotatable bonds is 5. The summed E-state index contributed by atoms with van der Waals surface area (Å²) in [4.78, 5) is 28.5. The number of aromatic nitrogens is 2. The van der Waals surface area contributed by atoms with E-state index in [-0.39, 0.29) is 0 Å². The molecule has 1 saturated heterocycles. The van der Waals surface area contributed by atoms with Gasteiger partial charge >= 0.3 is 12.1 Å². The fourth-order valence-corrected chi connectivity index (χ4v) is 1.63. The van der Waals surface area contributed by atoms with Gasteiger partial charge < -0.3 is 19.4 Å². The number of nitrogens with zero attached hydrogens (tertiary/aromatic N) is 3. The van der Waals surface area contributed by atoms with Gasteiger partial charge in [0.25, 0.3) is 6.29 Å². The van der Waals surface area contributed by atoms with E-state index >= 15 is 0 Å². The van der Waals surface area contributed by atoms with Crippen molar-refractivity contribution in [2.24, 2.45) is 0 Å². The van der Waals surface area contributed by atoms with Crippen molar-refractivity contribution in [2.45, 2.75) is 52.0 Å². The zero-order chi connectivity index (χ0) is 15.8. The Bertz CT molecular complexity index is 509. The van der Waals surface area contributed by atoms with Crippen molar-refractivity contribution < 1.29 is 33.6 Å². The molecule has 0 radical (unpaired) electrons. The molecular weight excluding hydrogens is 286 g/mol. The van der Waals surface area contributed by atoms with Crippen LogP contribution < -0.4 is 9.85 Å². The lowest BCUT2D eigenvalue weighted by atomic mass is 10.1. The van der Waals surface area contributed by atoms with E-state index in [2.05, 4.69) is 0 Å². The quantitative estimate of drug-likeness (QED) is 0.615. The summed E-state index contributed by atoms with van der Waals surface area (Å²) in [6, 6.07) is -0.638. The molecule has 21 heavy (non-hydrogen) atoms. The predicted octanol–water partition coefficient (Wildman–Crippen LogP) is 0.404. The molecule has 1 unspecified atom stereocenters. The van der Waals surface area contributed by atoms with Crippen molar-refractivity contribution in [3.8, 4) is 0 Å². The maximum atomic E-state index is 11.4. The summed E-state index contributed by atoms with van der Waals surface area (Å²) in [5.41, 5.74) is -0.661. The van der Waals surface area contributed by atoms with Gasteiger partial charge in [0.05, 0.1) is 4.96 Å². The number of carboxylic acids is 1. The molecule has 2 rings (SSSR count). The molecule has 10 nitrogen and oxygen atoms in total. The van der Waals surface area contributed by atoms with Gasteiger partial charge in [0.15, 0.2) is 0 Å². The highest BCUT2D eigenvalue weighted by atomic mass is 17.0. The van der Waals surface area contributed by atoms with Gasteiger partial charge in [-0.25, -0.2) is 14.6 Å². The lowest BCUT2D eigenvalue weighted by Crippen LogP contribution is -2.57. The van der Waals surface area contributed by atoms with E-state index in [1.807, 2.05) is 0 Å². The first-order valence-electron chi connectivity index (χ1n) is 6.51. The molecular formula is C11H19N3O7. The Morgan fingerprint density at radius 2 is 2.05 bits per heavy atom. The maximum Gasteiger partial charge on any atom is 0.511 e. The third-order valence-electron chi connectivity index (χ3n) is 2.64. The Balaban J connectivity index is 1.77. The summed E-state index contributed by atoms with van der Waals surface area (Å²) < 4.78 is 14.8. The van der Waals surface area contributed by atoms with Crippen LogP contribution >= 0.6 is 0 Å². The first-order chi connectivity index (χ1) is 9.67. The molecule has 1 aromatic heterocycles. The molecule has 0 aliphatic carbocycles. The summed E-state index contributed by atoms with van der Waals surface area (Å²) in [6.07, 6.45) is -1.28. The lowest BCUT2D eigenvalue weighted by molar-refractivity contribution is -0.143. The van der Waals surface area contributed by atoms with E-state index in [4.69, 9.17) is 24.0 Å². The minimum absolute atomic E-state index is 0.535. The molecule has 120 valence electrons. The van der Waals surface area contributed by atoms with Crippen molar-refractivity contribution in [1.82, 2.24) is 9.98 Å². The first kappa shape index (κ1) is 15.1.